The minimum atomic E-state index is -0.166. The van der Waals surface area contributed by atoms with E-state index < -0.39 is 0 Å². The molecule has 4 aromatic rings. The van der Waals surface area contributed by atoms with Crippen molar-refractivity contribution in [3.8, 4) is 5.75 Å². The van der Waals surface area contributed by atoms with Crippen LogP contribution in [0.3, 0.4) is 0 Å². The van der Waals surface area contributed by atoms with E-state index in [2.05, 4.69) is 10.3 Å². The number of phenols is 1. The van der Waals surface area contributed by atoms with Gasteiger partial charge in [-0.3, -0.25) is 9.79 Å². The quantitative estimate of drug-likeness (QED) is 0.438. The molecule has 0 fully saturated rings. The first kappa shape index (κ1) is 19.4. The first-order valence-corrected chi connectivity index (χ1v) is 9.88. The molecule has 4 aromatic carbocycles. The van der Waals surface area contributed by atoms with E-state index in [4.69, 9.17) is 0 Å². The highest BCUT2D eigenvalue weighted by Crippen LogP contribution is 2.27. The number of aliphatic imine (C=N–C) groups is 1. The summed E-state index contributed by atoms with van der Waals surface area (Å²) in [6.45, 7) is 0.547. The van der Waals surface area contributed by atoms with Crippen molar-refractivity contribution in [2.45, 2.75) is 6.42 Å². The van der Waals surface area contributed by atoms with Gasteiger partial charge in [-0.25, -0.2) is 0 Å². The van der Waals surface area contributed by atoms with Crippen LogP contribution in [0.15, 0.2) is 96.0 Å². The van der Waals surface area contributed by atoms with E-state index >= 15 is 0 Å². The lowest BCUT2D eigenvalue weighted by atomic mass is 10.0. The van der Waals surface area contributed by atoms with Gasteiger partial charge in [0.2, 0.25) is 0 Å². The average molecular weight is 394 g/mol. The van der Waals surface area contributed by atoms with E-state index in [1.54, 1.807) is 24.4 Å². The van der Waals surface area contributed by atoms with Gasteiger partial charge in [-0.05, 0) is 41.0 Å². The van der Waals surface area contributed by atoms with Crippen LogP contribution in [0.2, 0.25) is 0 Å². The Morgan fingerprint density at radius 2 is 1.60 bits per heavy atom. The van der Waals surface area contributed by atoms with Crippen LogP contribution in [0.4, 0.5) is 5.69 Å². The maximum absolute atomic E-state index is 12.7. The van der Waals surface area contributed by atoms with E-state index in [0.29, 0.717) is 23.4 Å². The summed E-state index contributed by atoms with van der Waals surface area (Å²) in [7, 11) is 0. The molecule has 0 saturated heterocycles. The van der Waals surface area contributed by atoms with Crippen molar-refractivity contribution in [3.63, 3.8) is 0 Å². The predicted molar refractivity (Wildman–Crippen MR) is 122 cm³/mol. The molecule has 0 aromatic heterocycles. The van der Waals surface area contributed by atoms with Gasteiger partial charge in [0.25, 0.3) is 5.91 Å². The highest BCUT2D eigenvalue weighted by Gasteiger charge is 2.10. The number of carbonyl (C=O) groups excluding carboxylic acids is 1. The van der Waals surface area contributed by atoms with Crippen LogP contribution in [0.5, 0.6) is 5.75 Å². The number of hydrogen-bond acceptors (Lipinski definition) is 3. The van der Waals surface area contributed by atoms with Crippen LogP contribution >= 0.6 is 0 Å². The third-order valence-corrected chi connectivity index (χ3v) is 4.97. The third kappa shape index (κ3) is 4.39. The fourth-order valence-corrected chi connectivity index (χ4v) is 3.39. The number of benzene rings is 4. The second-order valence-corrected chi connectivity index (χ2v) is 6.99. The van der Waals surface area contributed by atoms with Crippen LogP contribution in [-0.4, -0.2) is 23.8 Å². The number of phenolic OH excluding ortho intramolecular Hbond substituents is 1. The number of fused-ring (bicyclic) bond motifs is 1. The Hall–Kier alpha value is -3.92. The summed E-state index contributed by atoms with van der Waals surface area (Å²) in [5, 5.41) is 15.2. The van der Waals surface area contributed by atoms with E-state index in [1.165, 1.54) is 5.56 Å². The molecule has 0 aliphatic heterocycles. The van der Waals surface area contributed by atoms with E-state index in [1.807, 2.05) is 72.8 Å². The van der Waals surface area contributed by atoms with Crippen molar-refractivity contribution in [2.75, 3.05) is 6.54 Å². The van der Waals surface area contributed by atoms with Gasteiger partial charge in [-0.1, -0.05) is 72.8 Å². The van der Waals surface area contributed by atoms with Crippen molar-refractivity contribution < 1.29 is 9.90 Å². The molecule has 0 aliphatic carbocycles. The number of rotatable bonds is 6. The van der Waals surface area contributed by atoms with Gasteiger partial charge in [-0.2, -0.15) is 0 Å². The first-order valence-electron chi connectivity index (χ1n) is 9.88. The molecular weight excluding hydrogens is 372 g/mol. The Balaban J connectivity index is 1.54. The van der Waals surface area contributed by atoms with Crippen molar-refractivity contribution in [1.29, 1.82) is 0 Å². The maximum atomic E-state index is 12.7. The second-order valence-electron chi connectivity index (χ2n) is 6.99. The number of nitrogens with zero attached hydrogens (tertiary/aromatic N) is 1. The Labute approximate surface area is 175 Å². The lowest BCUT2D eigenvalue weighted by molar-refractivity contribution is 0.0955. The van der Waals surface area contributed by atoms with Gasteiger partial charge in [0.15, 0.2) is 0 Å². The Morgan fingerprint density at radius 1 is 0.867 bits per heavy atom. The molecule has 0 atom stereocenters. The summed E-state index contributed by atoms with van der Waals surface area (Å²) in [5.74, 6) is -0.0110. The minimum Gasteiger partial charge on any atom is -0.507 e. The molecule has 4 rings (SSSR count). The van der Waals surface area contributed by atoms with Crippen LogP contribution in [0.1, 0.15) is 21.5 Å². The Morgan fingerprint density at radius 3 is 2.47 bits per heavy atom. The fourth-order valence-electron chi connectivity index (χ4n) is 3.39. The molecule has 30 heavy (non-hydrogen) atoms. The maximum Gasteiger partial charge on any atom is 0.253 e. The van der Waals surface area contributed by atoms with Crippen LogP contribution in [-0.2, 0) is 6.42 Å². The zero-order chi connectivity index (χ0) is 20.8. The van der Waals surface area contributed by atoms with Crippen molar-refractivity contribution >= 4 is 28.6 Å². The summed E-state index contributed by atoms with van der Waals surface area (Å²) < 4.78 is 0. The normalized spacial score (nSPS) is 11.1. The molecule has 1 amide bonds. The van der Waals surface area contributed by atoms with E-state index in [-0.39, 0.29) is 11.7 Å². The molecule has 4 heteroatoms. The lowest BCUT2D eigenvalue weighted by Crippen LogP contribution is -2.25. The zero-order valence-electron chi connectivity index (χ0n) is 16.5. The summed E-state index contributed by atoms with van der Waals surface area (Å²) in [5.41, 5.74) is 2.87. The number of aromatic hydroxyl groups is 1. The second kappa shape index (κ2) is 9.05. The van der Waals surface area contributed by atoms with E-state index in [9.17, 15) is 9.90 Å². The Kier molecular flexibility index (Phi) is 5.85. The van der Waals surface area contributed by atoms with Gasteiger partial charge < -0.3 is 10.4 Å². The minimum absolute atomic E-state index is 0.155. The third-order valence-electron chi connectivity index (χ3n) is 4.97. The molecule has 148 valence electrons. The van der Waals surface area contributed by atoms with Gasteiger partial charge in [0.1, 0.15) is 5.75 Å². The molecule has 0 spiro atoms. The summed E-state index contributed by atoms with van der Waals surface area (Å²) in [6.07, 6.45) is 2.38. The monoisotopic (exact) mass is 394 g/mol. The van der Waals surface area contributed by atoms with Crippen LogP contribution in [0.25, 0.3) is 10.8 Å². The smallest absolute Gasteiger partial charge is 0.253 e. The summed E-state index contributed by atoms with van der Waals surface area (Å²) >= 11 is 0. The summed E-state index contributed by atoms with van der Waals surface area (Å²) in [4.78, 5) is 17.2. The fraction of sp³-hybridized carbons (Fsp3) is 0.0769. The molecule has 0 aliphatic rings. The average Bonchev–Trinajstić information content (AvgIpc) is 2.79. The van der Waals surface area contributed by atoms with Gasteiger partial charge >= 0.3 is 0 Å². The van der Waals surface area contributed by atoms with Crippen molar-refractivity contribution in [2.24, 2.45) is 4.99 Å². The molecule has 0 unspecified atom stereocenters. The van der Waals surface area contributed by atoms with Gasteiger partial charge in [-0.15, -0.1) is 0 Å². The first-order chi connectivity index (χ1) is 14.7. The topological polar surface area (TPSA) is 61.7 Å². The zero-order valence-corrected chi connectivity index (χ0v) is 16.5. The van der Waals surface area contributed by atoms with E-state index in [0.717, 1.165) is 17.2 Å². The molecule has 0 saturated carbocycles. The Bertz CT molecular complexity index is 1200. The van der Waals surface area contributed by atoms with Crippen molar-refractivity contribution in [1.82, 2.24) is 5.32 Å². The number of nitrogens with one attached hydrogen (secondary N) is 1. The van der Waals surface area contributed by atoms with Crippen molar-refractivity contribution in [3.05, 3.63) is 108 Å². The molecule has 0 radical (unpaired) electrons. The van der Waals surface area contributed by atoms with Gasteiger partial charge in [0, 0.05) is 18.3 Å². The van der Waals surface area contributed by atoms with Crippen LogP contribution in [0, 0.1) is 0 Å². The standard InChI is InChI=1S/C26H22N2O2/c29-25-15-14-20-10-4-5-11-21(20)23(25)18-28-24-13-7-6-12-22(24)26(30)27-17-16-19-8-2-1-3-9-19/h1-15,18,29H,16-17H2,(H,27,30). The molecule has 0 bridgehead atoms. The highest BCUT2D eigenvalue weighted by molar-refractivity contribution is 6.04. The molecular formula is C26H22N2O2. The molecule has 4 nitrogen and oxygen atoms in total. The molecule has 2 N–H and O–H groups in total. The predicted octanol–water partition coefficient (Wildman–Crippen LogP) is 5.27. The molecule has 0 heterocycles. The summed E-state index contributed by atoms with van der Waals surface area (Å²) in [6, 6.07) is 28.6. The number of hydrogen-bond donors (Lipinski definition) is 2. The van der Waals surface area contributed by atoms with Gasteiger partial charge in [0.05, 0.1) is 11.3 Å². The number of carbonyl (C=O) groups is 1. The SMILES string of the molecule is O=C(NCCc1ccccc1)c1ccccc1N=Cc1c(O)ccc2ccccc12. The number of amides is 1. The largest absolute Gasteiger partial charge is 0.507 e. The lowest BCUT2D eigenvalue weighted by Gasteiger charge is -2.08. The highest BCUT2D eigenvalue weighted by atomic mass is 16.3. The number of para-hydroxylation sites is 1. The van der Waals surface area contributed by atoms with Crippen LogP contribution < -0.4 is 5.32 Å².